The van der Waals surface area contributed by atoms with Crippen LogP contribution < -0.4 is 16.0 Å². The summed E-state index contributed by atoms with van der Waals surface area (Å²) in [6, 6.07) is 10.5. The molecule has 198 valence electrons. The summed E-state index contributed by atoms with van der Waals surface area (Å²) in [5.74, 6) is 0.881. The zero-order valence-electron chi connectivity index (χ0n) is 21.3. The Bertz CT molecular complexity index is 1070. The molecule has 5 rings (SSSR count). The highest BCUT2D eigenvalue weighted by Crippen LogP contribution is 2.31. The van der Waals surface area contributed by atoms with Gasteiger partial charge in [-0.25, -0.2) is 14.4 Å². The van der Waals surface area contributed by atoms with E-state index in [1.807, 2.05) is 12.1 Å². The minimum Gasteiger partial charge on any atom is -0.381 e. The summed E-state index contributed by atoms with van der Waals surface area (Å²) in [4.78, 5) is 8.94. The minimum absolute atomic E-state index is 0.314. The van der Waals surface area contributed by atoms with Gasteiger partial charge in [0.05, 0.1) is 29.5 Å². The second-order valence-electron chi connectivity index (χ2n) is 10.6. The normalized spacial score (nSPS) is 25.4. The maximum atomic E-state index is 14.8. The van der Waals surface area contributed by atoms with Crippen molar-refractivity contribution in [2.75, 3.05) is 43.5 Å². The molecular formula is C28H37FN6O2. The van der Waals surface area contributed by atoms with Gasteiger partial charge in [0.15, 0.2) is 5.82 Å². The summed E-state index contributed by atoms with van der Waals surface area (Å²) in [5.41, 5.74) is 0.482. The molecule has 3 aliphatic rings. The Morgan fingerprint density at radius 2 is 1.86 bits per heavy atom. The smallest absolute Gasteiger partial charge is 0.151 e. The van der Waals surface area contributed by atoms with Crippen molar-refractivity contribution < 1.29 is 13.9 Å². The molecule has 37 heavy (non-hydrogen) atoms. The van der Waals surface area contributed by atoms with Gasteiger partial charge in [0.2, 0.25) is 0 Å². The molecule has 2 aliphatic heterocycles. The molecule has 0 unspecified atom stereocenters. The van der Waals surface area contributed by atoms with Crippen LogP contribution in [0.15, 0.2) is 30.5 Å². The lowest BCUT2D eigenvalue weighted by Crippen LogP contribution is -2.40. The van der Waals surface area contributed by atoms with E-state index in [2.05, 4.69) is 32.0 Å². The molecule has 2 saturated heterocycles. The highest BCUT2D eigenvalue weighted by Gasteiger charge is 2.32. The average Bonchev–Trinajstić information content (AvgIpc) is 3.47. The maximum Gasteiger partial charge on any atom is 0.151 e. The fourth-order valence-electron chi connectivity index (χ4n) is 5.50. The van der Waals surface area contributed by atoms with Crippen molar-refractivity contribution in [3.63, 3.8) is 0 Å². The van der Waals surface area contributed by atoms with E-state index >= 15 is 0 Å². The number of halogens is 1. The molecule has 2 aromatic rings. The van der Waals surface area contributed by atoms with Gasteiger partial charge in [-0.2, -0.15) is 5.26 Å². The third kappa shape index (κ3) is 6.75. The highest BCUT2D eigenvalue weighted by molar-refractivity contribution is 5.65. The second-order valence-corrected chi connectivity index (χ2v) is 10.6. The van der Waals surface area contributed by atoms with Gasteiger partial charge in [-0.3, -0.25) is 0 Å². The number of hydrogen-bond acceptors (Lipinski definition) is 8. The molecule has 4 heterocycles. The number of nitrogens with zero attached hydrogens (tertiary/aromatic N) is 3. The number of ether oxygens (including phenoxy) is 2. The number of nitriles is 1. The first-order valence-electron chi connectivity index (χ1n) is 13.6. The number of pyridine rings is 2. The van der Waals surface area contributed by atoms with Gasteiger partial charge in [-0.05, 0) is 69.6 Å². The number of rotatable bonds is 9. The van der Waals surface area contributed by atoms with Crippen molar-refractivity contribution >= 4 is 11.6 Å². The first-order valence-corrected chi connectivity index (χ1v) is 13.6. The molecule has 0 bridgehead atoms. The molecule has 2 aromatic heterocycles. The summed E-state index contributed by atoms with van der Waals surface area (Å²) < 4.78 is 25.9. The number of hydrogen-bond donors (Lipinski definition) is 3. The van der Waals surface area contributed by atoms with Gasteiger partial charge in [-0.1, -0.05) is 6.07 Å². The van der Waals surface area contributed by atoms with Crippen molar-refractivity contribution in [1.82, 2.24) is 15.3 Å². The van der Waals surface area contributed by atoms with E-state index < -0.39 is 11.2 Å². The minimum atomic E-state index is -0.465. The summed E-state index contributed by atoms with van der Waals surface area (Å²) in [5, 5.41) is 20.2. The molecule has 9 heteroatoms. The van der Waals surface area contributed by atoms with Crippen molar-refractivity contribution in [3.05, 3.63) is 36.3 Å². The first kappa shape index (κ1) is 25.8. The van der Waals surface area contributed by atoms with Crippen LogP contribution in [-0.2, 0) is 9.47 Å². The van der Waals surface area contributed by atoms with Crippen LogP contribution in [0.5, 0.6) is 0 Å². The lowest BCUT2D eigenvalue weighted by Gasteiger charge is -2.31. The molecule has 3 N–H and O–H groups in total. The fraction of sp³-hybridized carbons (Fsp3) is 0.607. The number of nitrogens with one attached hydrogen (secondary N) is 3. The van der Waals surface area contributed by atoms with Crippen molar-refractivity contribution in [2.24, 2.45) is 5.41 Å². The lowest BCUT2D eigenvalue weighted by atomic mass is 9.82. The van der Waals surface area contributed by atoms with Crippen molar-refractivity contribution in [2.45, 2.75) is 69.6 Å². The van der Waals surface area contributed by atoms with E-state index in [4.69, 9.17) is 9.47 Å². The Labute approximate surface area is 218 Å². The van der Waals surface area contributed by atoms with Crippen molar-refractivity contribution in [1.29, 1.82) is 5.26 Å². The Morgan fingerprint density at radius 1 is 1.05 bits per heavy atom. The quantitative estimate of drug-likeness (QED) is 0.455. The van der Waals surface area contributed by atoms with E-state index in [0.29, 0.717) is 73.7 Å². The SMILES string of the molecule is N#CC1(CNc2cccc(-c3cc(NC4CCC(NC[C@H]5CCCO5)CC4)ncc3F)n2)CCOCC1. The average molecular weight is 509 g/mol. The van der Waals surface area contributed by atoms with E-state index in [1.54, 1.807) is 12.1 Å². The van der Waals surface area contributed by atoms with Crippen LogP contribution in [0, 0.1) is 22.6 Å². The zero-order chi connectivity index (χ0) is 25.5. The molecule has 0 spiro atoms. The third-order valence-electron chi connectivity index (χ3n) is 7.91. The van der Waals surface area contributed by atoms with E-state index in [1.165, 1.54) is 12.6 Å². The van der Waals surface area contributed by atoms with Crippen LogP contribution in [-0.4, -0.2) is 61.1 Å². The standard InChI is InChI=1S/C28H37FN6O2/c29-24-17-32-27(34-21-8-6-20(7-9-21)31-16-22-3-2-12-37-22)15-23(24)25-4-1-5-26(35-25)33-19-28(18-30)10-13-36-14-11-28/h1,4-5,15,17,20-22,31H,2-3,6-14,16,19H2,(H,32,34)(H,33,35)/t20?,21?,22-/m1/s1. The van der Waals surface area contributed by atoms with Crippen LogP contribution in [0.1, 0.15) is 51.4 Å². The summed E-state index contributed by atoms with van der Waals surface area (Å²) in [6.07, 6.45) is 9.63. The third-order valence-corrected chi connectivity index (χ3v) is 7.91. The Kier molecular flexibility index (Phi) is 8.49. The molecule has 8 nitrogen and oxygen atoms in total. The molecule has 1 saturated carbocycles. The van der Waals surface area contributed by atoms with E-state index in [9.17, 15) is 9.65 Å². The predicted octanol–water partition coefficient (Wildman–Crippen LogP) is 4.51. The van der Waals surface area contributed by atoms with Gasteiger partial charge < -0.3 is 25.4 Å². The van der Waals surface area contributed by atoms with Gasteiger partial charge in [0.1, 0.15) is 11.6 Å². The largest absolute Gasteiger partial charge is 0.381 e. The van der Waals surface area contributed by atoms with Gasteiger partial charge in [0, 0.05) is 50.6 Å². The highest BCUT2D eigenvalue weighted by atomic mass is 19.1. The summed E-state index contributed by atoms with van der Waals surface area (Å²) in [7, 11) is 0. The molecular weight excluding hydrogens is 471 g/mol. The van der Waals surface area contributed by atoms with Crippen molar-refractivity contribution in [3.8, 4) is 17.3 Å². The second kappa shape index (κ2) is 12.2. The monoisotopic (exact) mass is 508 g/mol. The molecule has 1 atom stereocenters. The lowest BCUT2D eigenvalue weighted by molar-refractivity contribution is 0.0455. The number of aromatic nitrogens is 2. The van der Waals surface area contributed by atoms with Crippen LogP contribution >= 0.6 is 0 Å². The Balaban J connectivity index is 1.17. The Hall–Kier alpha value is -2.80. The van der Waals surface area contributed by atoms with E-state index in [-0.39, 0.29) is 0 Å². The van der Waals surface area contributed by atoms with Gasteiger partial charge in [0.25, 0.3) is 0 Å². The summed E-state index contributed by atoms with van der Waals surface area (Å²) >= 11 is 0. The maximum absolute atomic E-state index is 14.8. The molecule has 1 aliphatic carbocycles. The van der Waals surface area contributed by atoms with E-state index in [0.717, 1.165) is 45.3 Å². The molecule has 0 radical (unpaired) electrons. The van der Waals surface area contributed by atoms with Crippen LogP contribution in [0.2, 0.25) is 0 Å². The summed E-state index contributed by atoms with van der Waals surface area (Å²) in [6.45, 7) is 3.50. The zero-order valence-corrected chi connectivity index (χ0v) is 21.3. The van der Waals surface area contributed by atoms with Crippen LogP contribution in [0.25, 0.3) is 11.3 Å². The Morgan fingerprint density at radius 3 is 2.62 bits per heavy atom. The predicted molar refractivity (Wildman–Crippen MR) is 141 cm³/mol. The molecule has 0 amide bonds. The first-order chi connectivity index (χ1) is 18.1. The van der Waals surface area contributed by atoms with Crippen LogP contribution in [0.3, 0.4) is 0 Å². The number of anilines is 2. The van der Waals surface area contributed by atoms with Crippen LogP contribution in [0.4, 0.5) is 16.0 Å². The van der Waals surface area contributed by atoms with Gasteiger partial charge in [-0.15, -0.1) is 0 Å². The van der Waals surface area contributed by atoms with Gasteiger partial charge >= 0.3 is 0 Å². The molecule has 3 fully saturated rings. The topological polar surface area (TPSA) is 104 Å². The fourth-order valence-corrected chi connectivity index (χ4v) is 5.50. The molecule has 0 aromatic carbocycles.